The lowest BCUT2D eigenvalue weighted by atomic mass is 10.0. The van der Waals surface area contributed by atoms with Gasteiger partial charge in [-0.15, -0.1) is 0 Å². The fourth-order valence-corrected chi connectivity index (χ4v) is 1.93. The lowest BCUT2D eigenvalue weighted by Crippen LogP contribution is -2.12. The van der Waals surface area contributed by atoms with Crippen molar-refractivity contribution < 1.29 is 5.11 Å². The van der Waals surface area contributed by atoms with Crippen LogP contribution in [0.25, 0.3) is 0 Å². The van der Waals surface area contributed by atoms with Crippen LogP contribution in [-0.4, -0.2) is 16.7 Å². The third-order valence-electron chi connectivity index (χ3n) is 2.84. The number of pyridine rings is 1. The Morgan fingerprint density at radius 2 is 1.83 bits per heavy atom. The number of benzene rings is 1. The van der Waals surface area contributed by atoms with Gasteiger partial charge in [0.1, 0.15) is 5.82 Å². The summed E-state index contributed by atoms with van der Waals surface area (Å²) in [7, 11) is 0. The van der Waals surface area contributed by atoms with Crippen LogP contribution >= 0.6 is 0 Å². The summed E-state index contributed by atoms with van der Waals surface area (Å²) in [5.41, 5.74) is 1.22. The minimum absolute atomic E-state index is 0.188. The molecule has 3 heteroatoms. The van der Waals surface area contributed by atoms with Crippen molar-refractivity contribution in [1.82, 2.24) is 4.98 Å². The highest BCUT2D eigenvalue weighted by atomic mass is 16.2. The standard InChI is InChI=1S/C15H18N2O/c18-12-6-9-14(13-7-2-1-3-8-13)17-15-10-4-5-11-16-15/h1-5,7-8,10-11,14,18H,6,9,12H2,(H,16,17)/t14-/m1/s1. The Kier molecular flexibility index (Phi) is 4.73. The second-order valence-corrected chi connectivity index (χ2v) is 4.19. The van der Waals surface area contributed by atoms with E-state index in [4.69, 9.17) is 5.11 Å². The minimum Gasteiger partial charge on any atom is -0.396 e. The molecule has 94 valence electrons. The van der Waals surface area contributed by atoms with Crippen molar-refractivity contribution in [3.8, 4) is 0 Å². The fraction of sp³-hybridized carbons (Fsp3) is 0.267. The molecule has 0 unspecified atom stereocenters. The molecule has 1 aromatic heterocycles. The number of anilines is 1. The van der Waals surface area contributed by atoms with Gasteiger partial charge in [-0.05, 0) is 30.5 Å². The Morgan fingerprint density at radius 1 is 1.06 bits per heavy atom. The molecule has 0 saturated heterocycles. The van der Waals surface area contributed by atoms with E-state index in [1.807, 2.05) is 36.4 Å². The van der Waals surface area contributed by atoms with Crippen molar-refractivity contribution in [3.63, 3.8) is 0 Å². The molecule has 0 bridgehead atoms. The molecule has 3 nitrogen and oxygen atoms in total. The van der Waals surface area contributed by atoms with Crippen LogP contribution in [0.5, 0.6) is 0 Å². The number of hydrogen-bond donors (Lipinski definition) is 2. The lowest BCUT2D eigenvalue weighted by molar-refractivity contribution is 0.281. The molecular weight excluding hydrogens is 224 g/mol. The second-order valence-electron chi connectivity index (χ2n) is 4.19. The summed E-state index contributed by atoms with van der Waals surface area (Å²) in [6.07, 6.45) is 3.44. The summed E-state index contributed by atoms with van der Waals surface area (Å²) in [5.74, 6) is 0.865. The van der Waals surface area contributed by atoms with E-state index in [0.29, 0.717) is 0 Å². The van der Waals surface area contributed by atoms with E-state index >= 15 is 0 Å². The maximum Gasteiger partial charge on any atom is 0.126 e. The van der Waals surface area contributed by atoms with Crippen LogP contribution in [0.4, 0.5) is 5.82 Å². The molecular formula is C15H18N2O. The van der Waals surface area contributed by atoms with Gasteiger partial charge >= 0.3 is 0 Å². The van der Waals surface area contributed by atoms with E-state index in [9.17, 15) is 0 Å². The quantitative estimate of drug-likeness (QED) is 0.818. The number of nitrogens with zero attached hydrogens (tertiary/aromatic N) is 1. The summed E-state index contributed by atoms with van der Waals surface area (Å²) in [4.78, 5) is 4.28. The number of aliphatic hydroxyl groups is 1. The van der Waals surface area contributed by atoms with E-state index in [1.54, 1.807) is 6.20 Å². The third-order valence-corrected chi connectivity index (χ3v) is 2.84. The highest BCUT2D eigenvalue weighted by Gasteiger charge is 2.10. The van der Waals surface area contributed by atoms with Gasteiger partial charge in [-0.3, -0.25) is 0 Å². The van der Waals surface area contributed by atoms with Gasteiger partial charge in [0.15, 0.2) is 0 Å². The Hall–Kier alpha value is -1.87. The Balaban J connectivity index is 2.10. The summed E-state index contributed by atoms with van der Waals surface area (Å²) in [6, 6.07) is 16.3. The van der Waals surface area contributed by atoms with Crippen molar-refractivity contribution in [1.29, 1.82) is 0 Å². The van der Waals surface area contributed by atoms with Crippen LogP contribution in [-0.2, 0) is 0 Å². The molecule has 2 N–H and O–H groups in total. The van der Waals surface area contributed by atoms with E-state index < -0.39 is 0 Å². The van der Waals surface area contributed by atoms with E-state index in [0.717, 1.165) is 18.7 Å². The van der Waals surface area contributed by atoms with Crippen molar-refractivity contribution in [2.45, 2.75) is 18.9 Å². The summed E-state index contributed by atoms with van der Waals surface area (Å²) >= 11 is 0. The largest absolute Gasteiger partial charge is 0.396 e. The topological polar surface area (TPSA) is 45.1 Å². The van der Waals surface area contributed by atoms with Gasteiger partial charge in [-0.1, -0.05) is 36.4 Å². The van der Waals surface area contributed by atoms with Gasteiger partial charge in [0.2, 0.25) is 0 Å². The number of aliphatic hydroxyl groups excluding tert-OH is 1. The molecule has 1 atom stereocenters. The van der Waals surface area contributed by atoms with Gasteiger partial charge in [0.05, 0.1) is 6.04 Å². The Labute approximate surface area is 108 Å². The normalized spacial score (nSPS) is 12.1. The Morgan fingerprint density at radius 3 is 2.50 bits per heavy atom. The zero-order chi connectivity index (χ0) is 12.6. The van der Waals surface area contributed by atoms with Gasteiger partial charge in [-0.2, -0.15) is 0 Å². The van der Waals surface area contributed by atoms with Crippen molar-refractivity contribution in [2.75, 3.05) is 11.9 Å². The summed E-state index contributed by atoms with van der Waals surface area (Å²) in [6.45, 7) is 0.216. The smallest absolute Gasteiger partial charge is 0.126 e. The molecule has 1 heterocycles. The van der Waals surface area contributed by atoms with Crippen molar-refractivity contribution in [3.05, 3.63) is 60.3 Å². The number of rotatable bonds is 6. The van der Waals surface area contributed by atoms with Gasteiger partial charge in [0, 0.05) is 12.8 Å². The minimum atomic E-state index is 0.188. The Bertz CT molecular complexity index is 445. The van der Waals surface area contributed by atoms with E-state index in [-0.39, 0.29) is 12.6 Å². The zero-order valence-corrected chi connectivity index (χ0v) is 10.3. The van der Waals surface area contributed by atoms with Crippen molar-refractivity contribution >= 4 is 5.82 Å². The average molecular weight is 242 g/mol. The molecule has 0 radical (unpaired) electrons. The molecule has 1 aromatic carbocycles. The zero-order valence-electron chi connectivity index (χ0n) is 10.3. The predicted molar refractivity (Wildman–Crippen MR) is 73.4 cm³/mol. The molecule has 0 saturated carbocycles. The highest BCUT2D eigenvalue weighted by molar-refractivity contribution is 5.37. The molecule has 2 rings (SSSR count). The first-order chi connectivity index (χ1) is 8.90. The van der Waals surface area contributed by atoms with Crippen LogP contribution in [0.15, 0.2) is 54.7 Å². The van der Waals surface area contributed by atoms with Gasteiger partial charge in [0.25, 0.3) is 0 Å². The first kappa shape index (κ1) is 12.6. The maximum atomic E-state index is 8.98. The number of nitrogens with one attached hydrogen (secondary N) is 1. The van der Waals surface area contributed by atoms with Crippen LogP contribution < -0.4 is 5.32 Å². The summed E-state index contributed by atoms with van der Waals surface area (Å²) in [5, 5.41) is 12.4. The van der Waals surface area contributed by atoms with E-state index in [1.165, 1.54) is 5.56 Å². The van der Waals surface area contributed by atoms with Crippen LogP contribution in [0.1, 0.15) is 24.4 Å². The molecule has 0 amide bonds. The fourth-order valence-electron chi connectivity index (χ4n) is 1.93. The molecule has 0 aliphatic heterocycles. The third kappa shape index (κ3) is 3.57. The second kappa shape index (κ2) is 6.77. The SMILES string of the molecule is OCCC[C@@H](Nc1ccccn1)c1ccccc1. The average Bonchev–Trinajstić information content (AvgIpc) is 2.45. The molecule has 2 aromatic rings. The molecule has 0 aliphatic carbocycles. The monoisotopic (exact) mass is 242 g/mol. The molecule has 0 spiro atoms. The highest BCUT2D eigenvalue weighted by Crippen LogP contribution is 2.22. The number of aromatic nitrogens is 1. The van der Waals surface area contributed by atoms with Crippen LogP contribution in [0.2, 0.25) is 0 Å². The van der Waals surface area contributed by atoms with E-state index in [2.05, 4.69) is 22.4 Å². The van der Waals surface area contributed by atoms with Crippen LogP contribution in [0.3, 0.4) is 0 Å². The maximum absolute atomic E-state index is 8.98. The number of hydrogen-bond acceptors (Lipinski definition) is 3. The van der Waals surface area contributed by atoms with Crippen molar-refractivity contribution in [2.24, 2.45) is 0 Å². The first-order valence-electron chi connectivity index (χ1n) is 6.23. The molecule has 0 aliphatic rings. The lowest BCUT2D eigenvalue weighted by Gasteiger charge is -2.19. The van der Waals surface area contributed by atoms with Gasteiger partial charge < -0.3 is 10.4 Å². The molecule has 18 heavy (non-hydrogen) atoms. The molecule has 0 fully saturated rings. The summed E-state index contributed by atoms with van der Waals surface area (Å²) < 4.78 is 0. The van der Waals surface area contributed by atoms with Crippen LogP contribution in [0, 0.1) is 0 Å². The predicted octanol–water partition coefficient (Wildman–Crippen LogP) is 3.01. The first-order valence-corrected chi connectivity index (χ1v) is 6.23. The van der Waals surface area contributed by atoms with Gasteiger partial charge in [-0.25, -0.2) is 4.98 Å².